The predicted molar refractivity (Wildman–Crippen MR) is 90.9 cm³/mol. The highest BCUT2D eigenvalue weighted by molar-refractivity contribution is 6.01. The van der Waals surface area contributed by atoms with Crippen LogP contribution >= 0.6 is 0 Å². The minimum absolute atomic E-state index is 0.0835. The number of carbonyl (C=O) groups is 2. The number of nitrogens with zero attached hydrogens (tertiary/aromatic N) is 3. The summed E-state index contributed by atoms with van der Waals surface area (Å²) in [4.78, 5) is 33.1. The molecule has 0 radical (unpaired) electrons. The molecule has 138 valence electrons. The minimum Gasteiger partial charge on any atom is -0.462 e. The molecule has 0 aromatic carbocycles. The first-order valence-electron chi connectivity index (χ1n) is 8.41. The molecule has 0 spiro atoms. The summed E-state index contributed by atoms with van der Waals surface area (Å²) in [7, 11) is 1.81. The third-order valence-corrected chi connectivity index (χ3v) is 4.00. The molecule has 1 aromatic rings. The Morgan fingerprint density at radius 2 is 1.88 bits per heavy atom. The molecule has 8 nitrogen and oxygen atoms in total. The van der Waals surface area contributed by atoms with E-state index in [-0.39, 0.29) is 24.5 Å². The molecule has 0 aliphatic carbocycles. The summed E-state index contributed by atoms with van der Waals surface area (Å²) in [6, 6.07) is 5.30. The van der Waals surface area contributed by atoms with Crippen LogP contribution < -0.4 is 0 Å². The van der Waals surface area contributed by atoms with E-state index in [0.717, 1.165) is 0 Å². The third-order valence-electron chi connectivity index (χ3n) is 4.00. The number of hydrogen-bond donors (Lipinski definition) is 0. The molecule has 8 heteroatoms. The molecule has 0 N–H and O–H groups in total. The lowest BCUT2D eigenvalue weighted by Gasteiger charge is -2.39. The molecular weight excluding hydrogens is 338 g/mol. The number of fused-ring (bicyclic) bond motifs is 1. The van der Waals surface area contributed by atoms with Crippen molar-refractivity contribution in [2.45, 2.75) is 26.3 Å². The quantitative estimate of drug-likeness (QED) is 0.732. The maximum Gasteiger partial charge on any atom is 0.355 e. The highest BCUT2D eigenvalue weighted by Gasteiger charge is 2.46. The van der Waals surface area contributed by atoms with Gasteiger partial charge in [0.2, 0.25) is 6.35 Å². The van der Waals surface area contributed by atoms with E-state index in [2.05, 4.69) is 4.98 Å². The Bertz CT molecular complexity index is 746. The normalized spacial score (nSPS) is 21.7. The summed E-state index contributed by atoms with van der Waals surface area (Å²) in [5.74, 6) is -1.24. The van der Waals surface area contributed by atoms with Gasteiger partial charge in [0.05, 0.1) is 18.9 Å². The van der Waals surface area contributed by atoms with Gasteiger partial charge in [-0.3, -0.25) is 9.88 Å². The fourth-order valence-corrected chi connectivity index (χ4v) is 2.90. The van der Waals surface area contributed by atoms with Crippen LogP contribution in [-0.2, 0) is 23.8 Å². The third kappa shape index (κ3) is 3.15. The van der Waals surface area contributed by atoms with Gasteiger partial charge in [0.1, 0.15) is 17.4 Å². The van der Waals surface area contributed by atoms with Crippen molar-refractivity contribution in [2.24, 2.45) is 0 Å². The molecule has 2 atom stereocenters. The molecule has 0 fully saturated rings. The molecule has 1 aromatic heterocycles. The molecule has 26 heavy (non-hydrogen) atoms. The molecule has 2 aliphatic rings. The minimum atomic E-state index is -0.849. The number of carbonyl (C=O) groups excluding carboxylic acids is 2. The van der Waals surface area contributed by atoms with Crippen molar-refractivity contribution in [2.75, 3.05) is 20.3 Å². The van der Waals surface area contributed by atoms with Crippen molar-refractivity contribution in [1.29, 1.82) is 0 Å². The molecular formula is C18H21N3O5. The molecule has 0 amide bonds. The van der Waals surface area contributed by atoms with Crippen LogP contribution in [-0.4, -0.2) is 53.3 Å². The monoisotopic (exact) mass is 359 g/mol. The summed E-state index contributed by atoms with van der Waals surface area (Å²) in [6.45, 7) is 3.77. The van der Waals surface area contributed by atoms with E-state index in [1.807, 2.05) is 7.05 Å². The smallest absolute Gasteiger partial charge is 0.355 e. The van der Waals surface area contributed by atoms with Gasteiger partial charge >= 0.3 is 11.9 Å². The SMILES string of the molecule is CCOC(=O)C1=C(C(=O)OCC)N2C=CN(C)[C@H]2O[C@H]1c1ccccn1. The predicted octanol–water partition coefficient (Wildman–Crippen LogP) is 1.54. The Morgan fingerprint density at radius 3 is 2.54 bits per heavy atom. The van der Waals surface area contributed by atoms with E-state index >= 15 is 0 Å². The van der Waals surface area contributed by atoms with Gasteiger partial charge in [-0.1, -0.05) is 6.07 Å². The molecule has 2 aliphatic heterocycles. The second-order valence-corrected chi connectivity index (χ2v) is 5.67. The summed E-state index contributed by atoms with van der Waals surface area (Å²) in [5, 5.41) is 0. The van der Waals surface area contributed by atoms with E-state index in [4.69, 9.17) is 14.2 Å². The zero-order valence-corrected chi connectivity index (χ0v) is 14.9. The number of aromatic nitrogens is 1. The van der Waals surface area contributed by atoms with Crippen LogP contribution in [0.25, 0.3) is 0 Å². The van der Waals surface area contributed by atoms with Gasteiger partial charge in [-0.05, 0) is 26.0 Å². The lowest BCUT2D eigenvalue weighted by atomic mass is 10.0. The molecule has 3 rings (SSSR count). The second kappa shape index (κ2) is 7.57. The van der Waals surface area contributed by atoms with Crippen LogP contribution in [0.1, 0.15) is 25.6 Å². The Hall–Kier alpha value is -2.87. The van der Waals surface area contributed by atoms with Crippen LogP contribution in [0.3, 0.4) is 0 Å². The van der Waals surface area contributed by atoms with E-state index < -0.39 is 24.4 Å². The topological polar surface area (TPSA) is 81.2 Å². The Kier molecular flexibility index (Phi) is 5.22. The summed E-state index contributed by atoms with van der Waals surface area (Å²) < 4.78 is 16.5. The van der Waals surface area contributed by atoms with Crippen molar-refractivity contribution < 1.29 is 23.8 Å². The van der Waals surface area contributed by atoms with Gasteiger partial charge in [-0.25, -0.2) is 9.59 Å². The average molecular weight is 359 g/mol. The summed E-state index contributed by atoms with van der Waals surface area (Å²) in [6.07, 6.45) is 3.60. The van der Waals surface area contributed by atoms with Crippen molar-refractivity contribution in [3.8, 4) is 0 Å². The van der Waals surface area contributed by atoms with Crippen LogP contribution in [0, 0.1) is 0 Å². The Balaban J connectivity index is 2.16. The lowest BCUT2D eigenvalue weighted by Crippen LogP contribution is -2.47. The fourth-order valence-electron chi connectivity index (χ4n) is 2.90. The maximum atomic E-state index is 12.7. The van der Waals surface area contributed by atoms with E-state index in [9.17, 15) is 9.59 Å². The van der Waals surface area contributed by atoms with E-state index in [0.29, 0.717) is 5.69 Å². The Morgan fingerprint density at radius 1 is 1.15 bits per heavy atom. The van der Waals surface area contributed by atoms with Crippen LogP contribution in [0.5, 0.6) is 0 Å². The van der Waals surface area contributed by atoms with Crippen molar-refractivity contribution in [3.05, 3.63) is 53.8 Å². The molecule has 0 unspecified atom stereocenters. The molecule has 0 saturated heterocycles. The highest BCUT2D eigenvalue weighted by Crippen LogP contribution is 2.39. The number of ether oxygens (including phenoxy) is 3. The van der Waals surface area contributed by atoms with Gasteiger partial charge in [0.15, 0.2) is 0 Å². The first-order valence-corrected chi connectivity index (χ1v) is 8.41. The van der Waals surface area contributed by atoms with Crippen molar-refractivity contribution >= 4 is 11.9 Å². The van der Waals surface area contributed by atoms with Gasteiger partial charge in [0.25, 0.3) is 0 Å². The number of esters is 2. The van der Waals surface area contributed by atoms with Gasteiger partial charge in [0, 0.05) is 25.6 Å². The highest BCUT2D eigenvalue weighted by atomic mass is 16.6. The zero-order valence-electron chi connectivity index (χ0n) is 14.9. The number of pyridine rings is 1. The van der Waals surface area contributed by atoms with E-state index in [1.165, 1.54) is 0 Å². The summed E-state index contributed by atoms with van der Waals surface area (Å²) >= 11 is 0. The van der Waals surface area contributed by atoms with Gasteiger partial charge in [-0.15, -0.1) is 0 Å². The second-order valence-electron chi connectivity index (χ2n) is 5.67. The van der Waals surface area contributed by atoms with Crippen LogP contribution in [0.15, 0.2) is 48.1 Å². The maximum absolute atomic E-state index is 12.7. The first kappa shape index (κ1) is 17.9. The number of hydrogen-bond acceptors (Lipinski definition) is 8. The first-order chi connectivity index (χ1) is 12.6. The largest absolute Gasteiger partial charge is 0.462 e. The molecule has 0 saturated carbocycles. The summed E-state index contributed by atoms with van der Waals surface area (Å²) in [5.41, 5.74) is 0.704. The Labute approximate surface area is 151 Å². The van der Waals surface area contributed by atoms with Crippen LogP contribution in [0.4, 0.5) is 0 Å². The molecule has 0 bridgehead atoms. The lowest BCUT2D eigenvalue weighted by molar-refractivity contribution is -0.162. The van der Waals surface area contributed by atoms with Crippen LogP contribution in [0.2, 0.25) is 0 Å². The molecule has 3 heterocycles. The number of rotatable bonds is 5. The van der Waals surface area contributed by atoms with Gasteiger partial charge in [-0.2, -0.15) is 0 Å². The average Bonchev–Trinajstić information content (AvgIpc) is 3.02. The van der Waals surface area contributed by atoms with E-state index in [1.54, 1.807) is 60.4 Å². The fraction of sp³-hybridized carbons (Fsp3) is 0.389. The standard InChI is InChI=1S/C18H21N3O5/c1-4-24-16(22)13-14(17(23)25-5-2)21-11-10-20(3)18(21)26-15(13)12-8-6-7-9-19-12/h6-11,15,18H,4-5H2,1-3H3/t15-,18+/m0/s1. The zero-order chi connectivity index (χ0) is 18.7. The van der Waals surface area contributed by atoms with Gasteiger partial charge < -0.3 is 19.1 Å². The van der Waals surface area contributed by atoms with Crippen molar-refractivity contribution in [1.82, 2.24) is 14.8 Å². The van der Waals surface area contributed by atoms with Crippen molar-refractivity contribution in [3.63, 3.8) is 0 Å².